The van der Waals surface area contributed by atoms with E-state index in [1.807, 2.05) is 0 Å². The lowest BCUT2D eigenvalue weighted by atomic mass is 9.97. The second-order valence-electron chi connectivity index (χ2n) is 3.33. The van der Waals surface area contributed by atoms with Gasteiger partial charge in [0.1, 0.15) is 5.75 Å². The predicted octanol–water partition coefficient (Wildman–Crippen LogP) is 2.60. The average Bonchev–Trinajstić information content (AvgIpc) is 2.90. The zero-order valence-electron chi connectivity index (χ0n) is 6.92. The molecule has 0 aliphatic heterocycles. The van der Waals surface area contributed by atoms with Crippen molar-refractivity contribution in [3.8, 4) is 11.8 Å². The fourth-order valence-electron chi connectivity index (χ4n) is 1.47. The third-order valence-electron chi connectivity index (χ3n) is 2.47. The van der Waals surface area contributed by atoms with Crippen molar-refractivity contribution in [2.45, 2.75) is 18.3 Å². The van der Waals surface area contributed by atoms with E-state index in [0.29, 0.717) is 10.6 Å². The summed E-state index contributed by atoms with van der Waals surface area (Å²) in [7, 11) is 0. The van der Waals surface area contributed by atoms with E-state index in [9.17, 15) is 5.11 Å². The van der Waals surface area contributed by atoms with Crippen molar-refractivity contribution >= 4 is 11.6 Å². The van der Waals surface area contributed by atoms with Gasteiger partial charge < -0.3 is 5.11 Å². The summed E-state index contributed by atoms with van der Waals surface area (Å²) < 4.78 is 0. The summed E-state index contributed by atoms with van der Waals surface area (Å²) >= 11 is 5.75. The van der Waals surface area contributed by atoms with Crippen LogP contribution in [-0.4, -0.2) is 5.11 Å². The van der Waals surface area contributed by atoms with E-state index in [4.69, 9.17) is 16.9 Å². The maximum atomic E-state index is 9.62. The molecule has 1 aromatic rings. The number of hydrogen-bond acceptors (Lipinski definition) is 2. The van der Waals surface area contributed by atoms with E-state index < -0.39 is 5.41 Å². The fourth-order valence-corrected chi connectivity index (χ4v) is 1.64. The number of rotatable bonds is 1. The molecule has 1 aromatic carbocycles. The summed E-state index contributed by atoms with van der Waals surface area (Å²) in [5.41, 5.74) is 0.206. The minimum Gasteiger partial charge on any atom is -0.506 e. The van der Waals surface area contributed by atoms with Crippen LogP contribution in [0.5, 0.6) is 5.75 Å². The maximum Gasteiger partial charge on any atom is 0.138 e. The van der Waals surface area contributed by atoms with E-state index >= 15 is 0 Å². The Morgan fingerprint density at radius 3 is 2.69 bits per heavy atom. The Kier molecular flexibility index (Phi) is 1.71. The summed E-state index contributed by atoms with van der Waals surface area (Å²) in [5.74, 6) is 0.0585. The minimum absolute atomic E-state index is 0.0585. The van der Waals surface area contributed by atoms with Crippen molar-refractivity contribution in [3.05, 3.63) is 28.8 Å². The van der Waals surface area contributed by atoms with Crippen LogP contribution in [0.1, 0.15) is 18.4 Å². The van der Waals surface area contributed by atoms with E-state index in [2.05, 4.69) is 6.07 Å². The van der Waals surface area contributed by atoms with Gasteiger partial charge in [0.25, 0.3) is 0 Å². The molecule has 0 radical (unpaired) electrons. The van der Waals surface area contributed by atoms with Crippen molar-refractivity contribution < 1.29 is 5.11 Å². The molecular weight excluding hydrogens is 186 g/mol. The predicted molar refractivity (Wildman–Crippen MR) is 49.6 cm³/mol. The molecule has 0 bridgehead atoms. The summed E-state index contributed by atoms with van der Waals surface area (Å²) in [6.07, 6.45) is 1.63. The first-order chi connectivity index (χ1) is 6.19. The molecule has 2 rings (SSSR count). The SMILES string of the molecule is N#CC1(c2cccc(Cl)c2O)CC1. The van der Waals surface area contributed by atoms with Gasteiger partial charge in [0.2, 0.25) is 0 Å². The zero-order chi connectivity index (χ0) is 9.47. The van der Waals surface area contributed by atoms with E-state index in [1.165, 1.54) is 0 Å². The standard InChI is InChI=1S/C10H8ClNO/c11-8-3-1-2-7(9(8)13)10(6-12)4-5-10/h1-3,13H,4-5H2. The largest absolute Gasteiger partial charge is 0.506 e. The number of nitriles is 1. The van der Waals surface area contributed by atoms with Crippen LogP contribution in [0, 0.1) is 11.3 Å². The van der Waals surface area contributed by atoms with Gasteiger partial charge in [-0.2, -0.15) is 5.26 Å². The molecule has 1 aliphatic rings. The molecule has 0 spiro atoms. The topological polar surface area (TPSA) is 44.0 Å². The van der Waals surface area contributed by atoms with Gasteiger partial charge in [-0.25, -0.2) is 0 Å². The lowest BCUT2D eigenvalue weighted by molar-refractivity contribution is 0.465. The Morgan fingerprint density at radius 2 is 2.15 bits per heavy atom. The first-order valence-corrected chi connectivity index (χ1v) is 4.47. The third kappa shape index (κ3) is 1.16. The Balaban J connectivity index is 2.54. The van der Waals surface area contributed by atoms with Crippen molar-refractivity contribution in [1.29, 1.82) is 5.26 Å². The molecule has 0 amide bonds. The summed E-state index contributed by atoms with van der Waals surface area (Å²) in [5, 5.41) is 18.9. The quantitative estimate of drug-likeness (QED) is 0.745. The second-order valence-corrected chi connectivity index (χ2v) is 3.74. The van der Waals surface area contributed by atoms with Gasteiger partial charge in [0.05, 0.1) is 16.5 Å². The Bertz CT molecular complexity index is 390. The molecule has 13 heavy (non-hydrogen) atoms. The van der Waals surface area contributed by atoms with E-state index in [0.717, 1.165) is 12.8 Å². The van der Waals surface area contributed by atoms with Crippen molar-refractivity contribution in [2.75, 3.05) is 0 Å². The average molecular weight is 194 g/mol. The highest BCUT2D eigenvalue weighted by Crippen LogP contribution is 2.51. The fraction of sp³-hybridized carbons (Fsp3) is 0.300. The number of nitrogens with zero attached hydrogens (tertiary/aromatic N) is 1. The van der Waals surface area contributed by atoms with Crippen molar-refractivity contribution in [3.63, 3.8) is 0 Å². The van der Waals surface area contributed by atoms with Gasteiger partial charge in [-0.1, -0.05) is 23.7 Å². The zero-order valence-corrected chi connectivity index (χ0v) is 7.67. The van der Waals surface area contributed by atoms with Crippen LogP contribution in [0.4, 0.5) is 0 Å². The molecule has 0 heterocycles. The first-order valence-electron chi connectivity index (χ1n) is 4.09. The highest BCUT2D eigenvalue weighted by atomic mass is 35.5. The van der Waals surface area contributed by atoms with Gasteiger partial charge in [0, 0.05) is 5.56 Å². The molecule has 0 aromatic heterocycles. The van der Waals surface area contributed by atoms with Crippen LogP contribution in [0.15, 0.2) is 18.2 Å². The highest BCUT2D eigenvalue weighted by molar-refractivity contribution is 6.32. The Morgan fingerprint density at radius 1 is 1.46 bits per heavy atom. The molecular formula is C10H8ClNO. The van der Waals surface area contributed by atoms with E-state index in [-0.39, 0.29) is 5.75 Å². The van der Waals surface area contributed by atoms with Gasteiger partial charge in [-0.3, -0.25) is 0 Å². The van der Waals surface area contributed by atoms with Crippen LogP contribution in [-0.2, 0) is 5.41 Å². The number of phenolic OH excluding ortho intramolecular Hbond substituents is 1. The normalized spacial score (nSPS) is 17.8. The number of benzene rings is 1. The van der Waals surface area contributed by atoms with Gasteiger partial charge in [0.15, 0.2) is 0 Å². The Labute approximate surface area is 81.4 Å². The summed E-state index contributed by atoms with van der Waals surface area (Å²) in [4.78, 5) is 0. The highest BCUT2D eigenvalue weighted by Gasteiger charge is 2.46. The lowest BCUT2D eigenvalue weighted by Crippen LogP contribution is -2.02. The number of hydrogen-bond donors (Lipinski definition) is 1. The van der Waals surface area contributed by atoms with Crippen molar-refractivity contribution in [2.24, 2.45) is 0 Å². The van der Waals surface area contributed by atoms with Crippen LogP contribution in [0.2, 0.25) is 5.02 Å². The van der Waals surface area contributed by atoms with Crippen LogP contribution in [0.25, 0.3) is 0 Å². The van der Waals surface area contributed by atoms with Crippen molar-refractivity contribution in [1.82, 2.24) is 0 Å². The molecule has 1 aliphatic carbocycles. The molecule has 0 atom stereocenters. The molecule has 1 fully saturated rings. The first kappa shape index (κ1) is 8.40. The minimum atomic E-state index is -0.463. The third-order valence-corrected chi connectivity index (χ3v) is 2.77. The number of aromatic hydroxyl groups is 1. The van der Waals surface area contributed by atoms with Gasteiger partial charge >= 0.3 is 0 Å². The molecule has 66 valence electrons. The van der Waals surface area contributed by atoms with Crippen LogP contribution >= 0.6 is 11.6 Å². The Hall–Kier alpha value is -1.20. The smallest absolute Gasteiger partial charge is 0.138 e. The van der Waals surface area contributed by atoms with E-state index in [1.54, 1.807) is 18.2 Å². The number of para-hydroxylation sites is 1. The van der Waals surface area contributed by atoms with Gasteiger partial charge in [-0.15, -0.1) is 0 Å². The summed E-state index contributed by atoms with van der Waals surface area (Å²) in [6.45, 7) is 0. The lowest BCUT2D eigenvalue weighted by Gasteiger charge is -2.08. The second kappa shape index (κ2) is 2.65. The maximum absolute atomic E-state index is 9.62. The molecule has 1 N–H and O–H groups in total. The summed E-state index contributed by atoms with van der Waals surface area (Å²) in [6, 6.07) is 7.36. The van der Waals surface area contributed by atoms with Gasteiger partial charge in [-0.05, 0) is 18.9 Å². The molecule has 3 heteroatoms. The monoisotopic (exact) mass is 193 g/mol. The van der Waals surface area contributed by atoms with Crippen LogP contribution in [0.3, 0.4) is 0 Å². The molecule has 1 saturated carbocycles. The number of halogens is 1. The molecule has 0 saturated heterocycles. The number of phenols is 1. The molecule has 2 nitrogen and oxygen atoms in total. The van der Waals surface area contributed by atoms with Crippen LogP contribution < -0.4 is 0 Å². The molecule has 0 unspecified atom stereocenters.